The summed E-state index contributed by atoms with van der Waals surface area (Å²) < 4.78 is 55.8. The molecule has 1 radical (unpaired) electrons. The second-order valence-corrected chi connectivity index (χ2v) is 24.6. The molecule has 0 amide bonds. The molecule has 4 aromatic carbocycles. The van der Waals surface area contributed by atoms with E-state index in [0.29, 0.717) is 39.5 Å². The Balaban J connectivity index is 0.000000230. The molecule has 0 N–H and O–H groups in total. The van der Waals surface area contributed by atoms with Gasteiger partial charge in [0.05, 0.1) is 22.4 Å². The van der Waals surface area contributed by atoms with Gasteiger partial charge in [0, 0.05) is 52.9 Å². The summed E-state index contributed by atoms with van der Waals surface area (Å²) in [7, 11) is 0. The van der Waals surface area contributed by atoms with Crippen molar-refractivity contribution in [3.8, 4) is 39.5 Å². The van der Waals surface area contributed by atoms with Crippen molar-refractivity contribution < 1.29 is 32.7 Å². The summed E-state index contributed by atoms with van der Waals surface area (Å²) in [6.45, 7) is 1.80. The van der Waals surface area contributed by atoms with E-state index >= 15 is 0 Å². The number of aryl methyl sites for hydroxylation is 3. The monoisotopic (exact) mass is 950 g/mol. The predicted molar refractivity (Wildman–Crippen MR) is 219 cm³/mol. The van der Waals surface area contributed by atoms with Crippen molar-refractivity contribution in [3.63, 3.8) is 0 Å². The maximum Gasteiger partial charge on any atom is 0 e. The summed E-state index contributed by atoms with van der Waals surface area (Å²) in [6.07, 6.45) is 3.60. The van der Waals surface area contributed by atoms with Crippen LogP contribution in [-0.4, -0.2) is 37.8 Å². The van der Waals surface area contributed by atoms with Crippen molar-refractivity contribution in [3.05, 3.63) is 157 Å². The molecular weight excluding hydrogens is 903 g/mol. The number of nitrogens with zero attached hydrogens (tertiary/aromatic N) is 5. The van der Waals surface area contributed by atoms with Crippen molar-refractivity contribution in [2.45, 2.75) is 38.0 Å². The third-order valence-corrected chi connectivity index (χ3v) is 13.3. The van der Waals surface area contributed by atoms with Crippen LogP contribution in [0.25, 0.3) is 72.6 Å². The van der Waals surface area contributed by atoms with E-state index in [1.165, 1.54) is 4.40 Å². The molecule has 0 spiro atoms. The fraction of sp³-hybridized carbons (Fsp3) is 0.130. The molecule has 0 atom stereocenters. The molecule has 0 saturated heterocycles. The Bertz CT molecular complexity index is 2990. The van der Waals surface area contributed by atoms with E-state index in [1.807, 2.05) is 86.8 Å². The van der Waals surface area contributed by atoms with E-state index < -0.39 is 20.1 Å². The molecule has 0 aliphatic carbocycles. The van der Waals surface area contributed by atoms with Gasteiger partial charge in [-0.2, -0.15) is 0 Å². The largest absolute Gasteiger partial charge is 0 e. The Labute approximate surface area is 340 Å². The molecule has 5 heterocycles. The van der Waals surface area contributed by atoms with Crippen LogP contribution >= 0.6 is 0 Å². The molecule has 0 aliphatic rings. The topological polar surface area (TPSA) is 69.6 Å². The number of pyridine rings is 3. The summed E-state index contributed by atoms with van der Waals surface area (Å²) in [5.74, 6) is 7.62. The Kier molecular flexibility index (Phi) is 8.53. The van der Waals surface area contributed by atoms with Gasteiger partial charge in [-0.15, -0.1) is 12.1 Å². The molecule has 0 aliphatic heterocycles. The van der Waals surface area contributed by atoms with Gasteiger partial charge in [-0.25, -0.2) is 4.98 Å². The van der Waals surface area contributed by atoms with Crippen LogP contribution in [0.2, 0.25) is 17.3 Å². The Hall–Kier alpha value is -5.21. The first kappa shape index (κ1) is 30.2. The Morgan fingerprint density at radius 2 is 1.63 bits per heavy atom. The van der Waals surface area contributed by atoms with Gasteiger partial charge in [0.2, 0.25) is 5.71 Å². The quantitative estimate of drug-likeness (QED) is 0.127. The second-order valence-electron chi connectivity index (χ2n) is 13.9. The number of para-hydroxylation sites is 2. The maximum absolute atomic E-state index is 7.74. The first-order valence-electron chi connectivity index (χ1n) is 20.3. The molecule has 269 valence electrons. The standard InChI is InChI=1S/C32H23N4O.C14H16GeN.Ir/c1-19-10-12-22(13-11-19)24-14-15-26(30-29(24)25-7-6-16-33-32(25)37-30)31-35-27-8-4-5-9-28(27)36(31)23-17-20(2)34-21(3)18-23;1-15(2,3)13-9-10-14(16-11-13)12-7-5-4-6-8-12;/h4-14,16-18H,1-3H3;4-7,9-11H,1-3H3;/q2*-1;/i1D3;4D,5D,6D;. The van der Waals surface area contributed by atoms with E-state index in [-0.39, 0.29) is 38.2 Å². The number of benzene rings is 4. The molecule has 0 bridgehead atoms. The molecule has 5 aromatic heterocycles. The van der Waals surface area contributed by atoms with Gasteiger partial charge in [-0.1, -0.05) is 58.7 Å². The van der Waals surface area contributed by atoms with Gasteiger partial charge in [-0.05, 0) is 62.5 Å². The van der Waals surface area contributed by atoms with Crippen molar-refractivity contribution in [1.29, 1.82) is 0 Å². The summed E-state index contributed by atoms with van der Waals surface area (Å²) in [6, 6.07) is 36.6. The molecule has 0 unspecified atom stereocenters. The van der Waals surface area contributed by atoms with E-state index in [9.17, 15) is 0 Å². The zero-order valence-corrected chi connectivity index (χ0v) is 34.9. The van der Waals surface area contributed by atoms with Crippen molar-refractivity contribution in [2.75, 3.05) is 0 Å². The molecule has 0 fully saturated rings. The summed E-state index contributed by atoms with van der Waals surface area (Å²) in [5.41, 5.74) is 9.78. The second kappa shape index (κ2) is 15.3. The van der Waals surface area contributed by atoms with Crippen LogP contribution in [0.4, 0.5) is 0 Å². The minimum Gasteiger partial charge on any atom is 0 e. The normalized spacial score (nSPS) is 13.2. The van der Waals surface area contributed by atoms with Gasteiger partial charge >= 0.3 is 104 Å². The SMILES string of the molecule is [2H]C([2H])([2H])c1ccc(-c2c[c-]c(-c3nc4ccccc4n3-c3cc(C)nc(C)c3)c3oc4ncccc4c23)cc1.[2H]c1[c-]c(-c2cc[c]([Ge]([CH3])([CH3])[CH3])cn2)cc([2H])c1[2H].[Ir]. The number of hydrogen-bond donors (Lipinski definition) is 0. The number of rotatable bonds is 5. The summed E-state index contributed by atoms with van der Waals surface area (Å²) in [5, 5.41) is 1.74. The van der Waals surface area contributed by atoms with E-state index in [4.69, 9.17) is 17.6 Å². The fourth-order valence-electron chi connectivity index (χ4n) is 6.51. The summed E-state index contributed by atoms with van der Waals surface area (Å²) in [4.78, 5) is 18.5. The number of furan rings is 1. The van der Waals surface area contributed by atoms with Crippen LogP contribution in [0.1, 0.15) is 25.2 Å². The van der Waals surface area contributed by atoms with E-state index in [1.54, 1.807) is 24.4 Å². The van der Waals surface area contributed by atoms with Crippen molar-refractivity contribution in [1.82, 2.24) is 24.5 Å². The molecule has 9 aromatic rings. The average molecular weight is 949 g/mol. The minimum absolute atomic E-state index is 0. The van der Waals surface area contributed by atoms with Gasteiger partial charge in [-0.3, -0.25) is 9.97 Å². The molecule has 54 heavy (non-hydrogen) atoms. The van der Waals surface area contributed by atoms with Crippen LogP contribution in [0.5, 0.6) is 0 Å². The Morgan fingerprint density at radius 3 is 2.35 bits per heavy atom. The first-order chi connectivity index (χ1) is 28.1. The van der Waals surface area contributed by atoms with Crippen LogP contribution in [-0.2, 0) is 20.1 Å². The van der Waals surface area contributed by atoms with Crippen molar-refractivity contribution >= 4 is 50.8 Å². The molecular formula is C46H39GeIrN5O-2. The van der Waals surface area contributed by atoms with Gasteiger partial charge < -0.3 is 8.98 Å². The summed E-state index contributed by atoms with van der Waals surface area (Å²) >= 11 is -1.86. The maximum atomic E-state index is 7.74. The van der Waals surface area contributed by atoms with E-state index in [2.05, 4.69) is 61.1 Å². The minimum atomic E-state index is -2.17. The third-order valence-electron chi connectivity index (χ3n) is 9.08. The van der Waals surface area contributed by atoms with Gasteiger partial charge in [0.15, 0.2) is 0 Å². The number of hydrogen-bond acceptors (Lipinski definition) is 5. The van der Waals surface area contributed by atoms with Gasteiger partial charge in [0.1, 0.15) is 0 Å². The predicted octanol–water partition coefficient (Wildman–Crippen LogP) is 10.9. The molecule has 0 saturated carbocycles. The third kappa shape index (κ3) is 7.32. The fourth-order valence-corrected chi connectivity index (χ4v) is 8.68. The molecule has 8 heteroatoms. The van der Waals surface area contributed by atoms with Crippen LogP contribution in [0, 0.1) is 32.8 Å². The zero-order valence-electron chi connectivity index (χ0n) is 36.4. The smallest absolute Gasteiger partial charge is 0 e. The number of imidazole rings is 1. The van der Waals surface area contributed by atoms with E-state index in [0.717, 1.165) is 50.0 Å². The Morgan fingerprint density at radius 1 is 0.833 bits per heavy atom. The van der Waals surface area contributed by atoms with Crippen LogP contribution < -0.4 is 4.40 Å². The molecule has 9 rings (SSSR count). The average Bonchev–Trinajstić information content (AvgIpc) is 3.78. The van der Waals surface area contributed by atoms with Crippen molar-refractivity contribution in [2.24, 2.45) is 0 Å². The van der Waals surface area contributed by atoms with Gasteiger partial charge in [0.25, 0.3) is 0 Å². The number of fused-ring (bicyclic) bond motifs is 4. The van der Waals surface area contributed by atoms with Crippen LogP contribution in [0.15, 0.2) is 132 Å². The van der Waals surface area contributed by atoms with Crippen LogP contribution in [0.3, 0.4) is 0 Å². The molecule has 6 nitrogen and oxygen atoms in total. The zero-order chi connectivity index (χ0) is 41.8. The number of aromatic nitrogens is 5. The first-order valence-corrected chi connectivity index (χ1v) is 24.6.